The van der Waals surface area contributed by atoms with Crippen molar-refractivity contribution in [1.29, 1.82) is 0 Å². The lowest BCUT2D eigenvalue weighted by atomic mass is 9.89. The number of H-pyrrole nitrogens is 1. The lowest BCUT2D eigenvalue weighted by Crippen LogP contribution is -2.37. The third-order valence-corrected chi connectivity index (χ3v) is 6.57. The number of nitrogens with one attached hydrogen (secondary N) is 2. The smallest absolute Gasteiger partial charge is 0.253 e. The molecular weight excluding hydrogens is 438 g/mol. The van der Waals surface area contributed by atoms with Crippen molar-refractivity contribution in [2.24, 2.45) is 0 Å². The molecule has 1 aromatic heterocycles. The second-order valence-electron chi connectivity index (χ2n) is 7.79. The van der Waals surface area contributed by atoms with E-state index in [1.54, 1.807) is 18.1 Å². The SMILES string of the molecule is COc1ccc2[nH]cc(C3CCN(C(=O)c4ccc(Cl)c(NS(C)(=O)=O)c4)CC3)c2c1. The Kier molecular flexibility index (Phi) is 5.85. The topological polar surface area (TPSA) is 91.5 Å². The summed E-state index contributed by atoms with van der Waals surface area (Å²) in [7, 11) is -1.84. The molecule has 7 nitrogen and oxygen atoms in total. The highest BCUT2D eigenvalue weighted by Gasteiger charge is 2.26. The first-order chi connectivity index (χ1) is 14.7. The lowest BCUT2D eigenvalue weighted by Gasteiger charge is -2.32. The van der Waals surface area contributed by atoms with Gasteiger partial charge < -0.3 is 14.6 Å². The van der Waals surface area contributed by atoms with Crippen molar-refractivity contribution >= 4 is 44.1 Å². The molecule has 1 fully saturated rings. The summed E-state index contributed by atoms with van der Waals surface area (Å²) in [6.45, 7) is 1.25. The Bertz CT molecular complexity index is 1230. The summed E-state index contributed by atoms with van der Waals surface area (Å²) in [6, 6.07) is 10.6. The summed E-state index contributed by atoms with van der Waals surface area (Å²) in [4.78, 5) is 18.1. The molecule has 9 heteroatoms. The lowest BCUT2D eigenvalue weighted by molar-refractivity contribution is 0.0713. The Labute approximate surface area is 186 Å². The molecule has 4 rings (SSSR count). The van der Waals surface area contributed by atoms with Crippen molar-refractivity contribution < 1.29 is 17.9 Å². The Balaban J connectivity index is 1.48. The summed E-state index contributed by atoms with van der Waals surface area (Å²) in [6.07, 6.45) is 4.79. The Hall–Kier alpha value is -2.71. The van der Waals surface area contributed by atoms with Crippen LogP contribution in [0.4, 0.5) is 5.69 Å². The molecule has 31 heavy (non-hydrogen) atoms. The van der Waals surface area contributed by atoms with Crippen molar-refractivity contribution in [3.8, 4) is 5.75 Å². The van der Waals surface area contributed by atoms with Crippen LogP contribution in [-0.2, 0) is 10.0 Å². The van der Waals surface area contributed by atoms with Gasteiger partial charge in [0.05, 0.1) is 24.1 Å². The van der Waals surface area contributed by atoms with E-state index in [9.17, 15) is 13.2 Å². The maximum atomic E-state index is 13.0. The number of ether oxygens (including phenoxy) is 1. The molecule has 1 aliphatic heterocycles. The van der Waals surface area contributed by atoms with E-state index in [1.165, 1.54) is 17.7 Å². The van der Waals surface area contributed by atoms with Crippen LogP contribution in [-0.4, -0.2) is 50.7 Å². The summed E-state index contributed by atoms with van der Waals surface area (Å²) in [5.74, 6) is 1.03. The van der Waals surface area contributed by atoms with Crippen LogP contribution in [0.2, 0.25) is 5.02 Å². The fraction of sp³-hybridized carbons (Fsp3) is 0.318. The minimum Gasteiger partial charge on any atom is -0.497 e. The molecule has 1 amide bonds. The Morgan fingerprint density at radius 3 is 2.61 bits per heavy atom. The number of anilines is 1. The van der Waals surface area contributed by atoms with Crippen LogP contribution >= 0.6 is 11.6 Å². The molecule has 1 saturated heterocycles. The number of rotatable bonds is 5. The van der Waals surface area contributed by atoms with Crippen LogP contribution in [0.1, 0.15) is 34.7 Å². The highest BCUT2D eigenvalue weighted by atomic mass is 35.5. The third kappa shape index (κ3) is 4.65. The number of sulfonamides is 1. The minimum atomic E-state index is -3.49. The fourth-order valence-electron chi connectivity index (χ4n) is 4.10. The molecule has 3 aromatic rings. The number of carbonyl (C=O) groups excluding carboxylic acids is 1. The number of aromatic nitrogens is 1. The van der Waals surface area contributed by atoms with Gasteiger partial charge in [-0.15, -0.1) is 0 Å². The highest BCUT2D eigenvalue weighted by molar-refractivity contribution is 7.92. The third-order valence-electron chi connectivity index (χ3n) is 5.65. The predicted octanol–water partition coefficient (Wildman–Crippen LogP) is 4.22. The average molecular weight is 462 g/mol. The maximum absolute atomic E-state index is 13.0. The number of fused-ring (bicyclic) bond motifs is 1. The first-order valence-corrected chi connectivity index (χ1v) is 12.2. The number of nitrogens with zero attached hydrogens (tertiary/aromatic N) is 1. The van der Waals surface area contributed by atoms with Crippen LogP contribution in [0.25, 0.3) is 10.9 Å². The molecule has 0 atom stereocenters. The molecule has 0 radical (unpaired) electrons. The molecule has 0 aliphatic carbocycles. The van der Waals surface area contributed by atoms with Crippen molar-refractivity contribution in [1.82, 2.24) is 9.88 Å². The van der Waals surface area contributed by atoms with Gasteiger partial charge in [0.25, 0.3) is 5.91 Å². The van der Waals surface area contributed by atoms with Gasteiger partial charge in [-0.25, -0.2) is 8.42 Å². The zero-order valence-corrected chi connectivity index (χ0v) is 18.9. The monoisotopic (exact) mass is 461 g/mol. The molecule has 164 valence electrons. The maximum Gasteiger partial charge on any atom is 0.253 e. The zero-order chi connectivity index (χ0) is 22.2. The first-order valence-electron chi connectivity index (χ1n) is 9.97. The van der Waals surface area contributed by atoms with Gasteiger partial charge in [0.2, 0.25) is 10.0 Å². The van der Waals surface area contributed by atoms with Gasteiger partial charge in [0.1, 0.15) is 5.75 Å². The van der Waals surface area contributed by atoms with Gasteiger partial charge in [-0.2, -0.15) is 0 Å². The normalized spacial score (nSPS) is 15.3. The van der Waals surface area contributed by atoms with E-state index in [2.05, 4.69) is 15.9 Å². The van der Waals surface area contributed by atoms with Crippen LogP contribution < -0.4 is 9.46 Å². The number of hydrogen-bond donors (Lipinski definition) is 2. The van der Waals surface area contributed by atoms with Crippen LogP contribution in [0.5, 0.6) is 5.75 Å². The number of piperidine rings is 1. The molecule has 0 saturated carbocycles. The molecule has 2 aromatic carbocycles. The van der Waals surface area contributed by atoms with Gasteiger partial charge in [0, 0.05) is 35.8 Å². The number of hydrogen-bond acceptors (Lipinski definition) is 4. The number of likely N-dealkylation sites (tertiary alicyclic amines) is 1. The van der Waals surface area contributed by atoms with Gasteiger partial charge in [0.15, 0.2) is 0 Å². The molecular formula is C22H24ClN3O4S. The number of carbonyl (C=O) groups is 1. The number of halogens is 1. The van der Waals surface area contributed by atoms with E-state index in [1.807, 2.05) is 18.2 Å². The second-order valence-corrected chi connectivity index (χ2v) is 9.95. The minimum absolute atomic E-state index is 0.132. The molecule has 1 aliphatic rings. The van der Waals surface area contributed by atoms with Crippen LogP contribution in [0.3, 0.4) is 0 Å². The zero-order valence-electron chi connectivity index (χ0n) is 17.3. The van der Waals surface area contributed by atoms with Crippen molar-refractivity contribution in [3.63, 3.8) is 0 Å². The Morgan fingerprint density at radius 2 is 1.94 bits per heavy atom. The molecule has 0 bridgehead atoms. The highest BCUT2D eigenvalue weighted by Crippen LogP contribution is 2.35. The fourth-order valence-corrected chi connectivity index (χ4v) is 4.89. The van der Waals surface area contributed by atoms with Crippen LogP contribution in [0, 0.1) is 0 Å². The van der Waals surface area contributed by atoms with Crippen LogP contribution in [0.15, 0.2) is 42.6 Å². The quantitative estimate of drug-likeness (QED) is 0.595. The largest absolute Gasteiger partial charge is 0.497 e. The second kappa shape index (κ2) is 8.43. The molecule has 0 spiro atoms. The van der Waals surface area contributed by atoms with Gasteiger partial charge in [-0.1, -0.05) is 11.6 Å². The Morgan fingerprint density at radius 1 is 1.19 bits per heavy atom. The van der Waals surface area contributed by atoms with Crippen molar-refractivity contribution in [3.05, 3.63) is 58.7 Å². The summed E-state index contributed by atoms with van der Waals surface area (Å²) in [5.41, 5.74) is 2.93. The van der Waals surface area contributed by atoms with Crippen molar-refractivity contribution in [2.45, 2.75) is 18.8 Å². The van der Waals surface area contributed by atoms with E-state index in [-0.39, 0.29) is 16.6 Å². The molecule has 2 N–H and O–H groups in total. The molecule has 2 heterocycles. The van der Waals surface area contributed by atoms with Gasteiger partial charge >= 0.3 is 0 Å². The van der Waals surface area contributed by atoms with E-state index >= 15 is 0 Å². The predicted molar refractivity (Wildman–Crippen MR) is 123 cm³/mol. The van der Waals surface area contributed by atoms with E-state index in [0.717, 1.165) is 35.7 Å². The summed E-state index contributed by atoms with van der Waals surface area (Å²) >= 11 is 6.07. The number of amides is 1. The number of methoxy groups -OCH3 is 1. The first kappa shape index (κ1) is 21.5. The molecule has 0 unspecified atom stereocenters. The summed E-state index contributed by atoms with van der Waals surface area (Å²) in [5, 5.41) is 1.40. The van der Waals surface area contributed by atoms with E-state index in [4.69, 9.17) is 16.3 Å². The van der Waals surface area contributed by atoms with Gasteiger partial charge in [-0.05, 0) is 60.7 Å². The van der Waals surface area contributed by atoms with Crippen molar-refractivity contribution in [2.75, 3.05) is 31.2 Å². The average Bonchev–Trinajstić information content (AvgIpc) is 3.17. The van der Waals surface area contributed by atoms with Gasteiger partial charge in [-0.3, -0.25) is 9.52 Å². The number of benzene rings is 2. The van der Waals surface area contributed by atoms with E-state index < -0.39 is 10.0 Å². The number of aromatic amines is 1. The standard InChI is InChI=1S/C22H24ClN3O4S/c1-30-16-4-6-20-17(12-16)18(13-24-20)14-7-9-26(10-8-14)22(27)15-3-5-19(23)21(11-15)25-31(2,28)29/h3-6,11-14,24-25H,7-10H2,1-2H3. The van der Waals surface area contributed by atoms with E-state index in [0.29, 0.717) is 24.6 Å². The summed E-state index contributed by atoms with van der Waals surface area (Å²) < 4.78 is 30.8.